The van der Waals surface area contributed by atoms with Gasteiger partial charge in [0.2, 0.25) is 5.91 Å². The Morgan fingerprint density at radius 2 is 1.85 bits per heavy atom. The van der Waals surface area contributed by atoms with Crippen molar-refractivity contribution in [1.82, 2.24) is 15.3 Å². The van der Waals surface area contributed by atoms with E-state index in [0.29, 0.717) is 37.4 Å². The number of halogens is 1. The number of anilines is 2. The largest absolute Gasteiger partial charge is 0.369 e. The molecule has 1 unspecified atom stereocenters. The van der Waals surface area contributed by atoms with Crippen molar-refractivity contribution in [1.29, 1.82) is 0 Å². The Balaban J connectivity index is 1.29. The average Bonchev–Trinajstić information content (AvgIpc) is 3.34. The van der Waals surface area contributed by atoms with Gasteiger partial charge in [-0.2, -0.15) is 0 Å². The van der Waals surface area contributed by atoms with Crippen molar-refractivity contribution in [2.24, 2.45) is 5.73 Å². The summed E-state index contributed by atoms with van der Waals surface area (Å²) in [5, 5.41) is 7.22. The van der Waals surface area contributed by atoms with E-state index in [-0.39, 0.29) is 11.9 Å². The van der Waals surface area contributed by atoms with Gasteiger partial charge in [-0.3, -0.25) is 4.79 Å². The zero-order valence-corrected chi connectivity index (χ0v) is 19.8. The molecule has 2 aliphatic rings. The summed E-state index contributed by atoms with van der Waals surface area (Å²) >= 11 is 6.10. The number of nitrogens with zero attached hydrogens (tertiary/aromatic N) is 3. The number of benzene rings is 2. The van der Waals surface area contributed by atoms with Crippen LogP contribution in [0.4, 0.5) is 11.6 Å². The lowest BCUT2D eigenvalue weighted by atomic mass is 9.86. The number of nitrogens with one attached hydrogen (secondary N) is 2. The third-order valence-electron chi connectivity index (χ3n) is 6.86. The maximum atomic E-state index is 13.5. The lowest BCUT2D eigenvalue weighted by Gasteiger charge is -2.39. The van der Waals surface area contributed by atoms with E-state index < -0.39 is 5.54 Å². The maximum Gasteiger partial charge on any atom is 0.240 e. The molecule has 5 rings (SSSR count). The number of piperidine rings is 1. The summed E-state index contributed by atoms with van der Waals surface area (Å²) in [6.07, 6.45) is 4.31. The highest BCUT2D eigenvalue weighted by Crippen LogP contribution is 2.32. The molecule has 8 heteroatoms. The van der Waals surface area contributed by atoms with E-state index in [9.17, 15) is 4.79 Å². The molecule has 1 atom stereocenters. The number of amides is 1. The lowest BCUT2D eigenvalue weighted by Crippen LogP contribution is -2.60. The third kappa shape index (κ3) is 4.72. The number of hydrogen-bond donors (Lipinski definition) is 3. The molecule has 2 aromatic carbocycles. The third-order valence-corrected chi connectivity index (χ3v) is 7.11. The molecule has 0 aliphatic carbocycles. The van der Waals surface area contributed by atoms with Crippen molar-refractivity contribution in [2.75, 3.05) is 29.9 Å². The highest BCUT2D eigenvalue weighted by Gasteiger charge is 2.39. The van der Waals surface area contributed by atoms with E-state index >= 15 is 0 Å². The van der Waals surface area contributed by atoms with E-state index in [1.165, 1.54) is 0 Å². The Hall–Kier alpha value is -3.16. The molecular weight excluding hydrogens is 448 g/mol. The van der Waals surface area contributed by atoms with Gasteiger partial charge in [-0.15, -0.1) is 0 Å². The van der Waals surface area contributed by atoms with Crippen LogP contribution in [0.1, 0.15) is 35.6 Å². The quantitative estimate of drug-likeness (QED) is 0.504. The van der Waals surface area contributed by atoms with Crippen molar-refractivity contribution in [3.63, 3.8) is 0 Å². The van der Waals surface area contributed by atoms with Crippen molar-refractivity contribution >= 4 is 29.1 Å². The monoisotopic (exact) mass is 476 g/mol. The van der Waals surface area contributed by atoms with Crippen molar-refractivity contribution in [3.05, 3.63) is 82.6 Å². The topological polar surface area (TPSA) is 96.2 Å². The molecule has 3 heterocycles. The smallest absolute Gasteiger partial charge is 0.240 e. The minimum atomic E-state index is -0.924. The standard InChI is InChI=1S/C26H29ClN6O/c27-20-8-6-19(7-9-20)22(16-18-4-2-1-3-5-18)32-25(34)26(28)11-14-33(15-12-26)24-21-10-13-29-23(21)30-17-31-24/h1-9,17,22H,10-16,28H2,(H,32,34)(H,29,30,31). The van der Waals surface area contributed by atoms with E-state index in [4.69, 9.17) is 17.3 Å². The molecule has 0 bridgehead atoms. The molecule has 1 amide bonds. The van der Waals surface area contributed by atoms with Crippen LogP contribution >= 0.6 is 11.6 Å². The fourth-order valence-corrected chi connectivity index (χ4v) is 4.93. The van der Waals surface area contributed by atoms with Crippen molar-refractivity contribution < 1.29 is 4.79 Å². The first-order valence-corrected chi connectivity index (χ1v) is 12.1. The number of rotatable bonds is 6. The maximum absolute atomic E-state index is 13.5. The lowest BCUT2D eigenvalue weighted by molar-refractivity contribution is -0.127. The molecule has 1 saturated heterocycles. The minimum absolute atomic E-state index is 0.113. The SMILES string of the molecule is NC1(C(=O)NC(Cc2ccccc2)c2ccc(Cl)cc2)CCN(c2ncnc3c2CCN3)CC1. The summed E-state index contributed by atoms with van der Waals surface area (Å²) in [5.74, 6) is 1.76. The van der Waals surface area contributed by atoms with Gasteiger partial charge in [-0.1, -0.05) is 54.1 Å². The van der Waals surface area contributed by atoms with Crippen LogP contribution in [0.25, 0.3) is 0 Å². The summed E-state index contributed by atoms with van der Waals surface area (Å²) in [5.41, 5.74) is 9.08. The normalized spacial score (nSPS) is 17.5. The Kier molecular flexibility index (Phi) is 6.39. The molecule has 34 heavy (non-hydrogen) atoms. The van der Waals surface area contributed by atoms with Crippen LogP contribution in [-0.4, -0.2) is 41.0 Å². The number of hydrogen-bond acceptors (Lipinski definition) is 6. The first kappa shape index (κ1) is 22.6. The highest BCUT2D eigenvalue weighted by molar-refractivity contribution is 6.30. The second-order valence-corrected chi connectivity index (χ2v) is 9.55. The first-order chi connectivity index (χ1) is 16.5. The molecular formula is C26H29ClN6O. The molecule has 7 nitrogen and oxygen atoms in total. The predicted octanol–water partition coefficient (Wildman–Crippen LogP) is 3.50. The van der Waals surface area contributed by atoms with Crippen LogP contribution in [0, 0.1) is 0 Å². The Morgan fingerprint density at radius 3 is 2.59 bits per heavy atom. The van der Waals surface area contributed by atoms with Gasteiger partial charge >= 0.3 is 0 Å². The molecule has 1 fully saturated rings. The summed E-state index contributed by atoms with van der Waals surface area (Å²) in [6.45, 7) is 2.24. The van der Waals surface area contributed by atoms with Gasteiger partial charge in [0.1, 0.15) is 18.0 Å². The van der Waals surface area contributed by atoms with Crippen LogP contribution in [0.2, 0.25) is 5.02 Å². The minimum Gasteiger partial charge on any atom is -0.369 e. The van der Waals surface area contributed by atoms with Crippen LogP contribution < -0.4 is 21.3 Å². The Labute approximate surface area is 204 Å². The summed E-state index contributed by atoms with van der Waals surface area (Å²) < 4.78 is 0. The van der Waals surface area contributed by atoms with Gasteiger partial charge in [0, 0.05) is 30.2 Å². The summed E-state index contributed by atoms with van der Waals surface area (Å²) in [4.78, 5) is 24.6. The van der Waals surface area contributed by atoms with Gasteiger partial charge in [0.25, 0.3) is 0 Å². The summed E-state index contributed by atoms with van der Waals surface area (Å²) in [6, 6.07) is 17.6. The Bertz CT molecular complexity index is 1150. The fraction of sp³-hybridized carbons (Fsp3) is 0.346. The molecule has 1 aromatic heterocycles. The number of carbonyl (C=O) groups is 1. The number of nitrogens with two attached hydrogens (primary N) is 1. The van der Waals surface area contributed by atoms with Gasteiger partial charge in [0.15, 0.2) is 0 Å². The van der Waals surface area contributed by atoms with Crippen LogP contribution in [-0.2, 0) is 17.6 Å². The molecule has 176 valence electrons. The molecule has 0 saturated carbocycles. The predicted molar refractivity (Wildman–Crippen MR) is 135 cm³/mol. The molecule has 0 radical (unpaired) electrons. The van der Waals surface area contributed by atoms with Crippen LogP contribution in [0.15, 0.2) is 60.9 Å². The van der Waals surface area contributed by atoms with Crippen LogP contribution in [0.3, 0.4) is 0 Å². The van der Waals surface area contributed by atoms with Crippen LogP contribution in [0.5, 0.6) is 0 Å². The van der Waals surface area contributed by atoms with E-state index in [1.807, 2.05) is 42.5 Å². The second kappa shape index (κ2) is 9.60. The number of carbonyl (C=O) groups excluding carboxylic acids is 1. The molecule has 3 aromatic rings. The van der Waals surface area contributed by atoms with Crippen molar-refractivity contribution in [2.45, 2.75) is 37.3 Å². The fourth-order valence-electron chi connectivity index (χ4n) is 4.81. The zero-order valence-electron chi connectivity index (χ0n) is 19.0. The van der Waals surface area contributed by atoms with Gasteiger partial charge in [0.05, 0.1) is 11.6 Å². The van der Waals surface area contributed by atoms with E-state index in [1.54, 1.807) is 6.33 Å². The summed E-state index contributed by atoms with van der Waals surface area (Å²) in [7, 11) is 0. The second-order valence-electron chi connectivity index (χ2n) is 9.11. The number of aromatic nitrogens is 2. The van der Waals surface area contributed by atoms with Gasteiger partial charge < -0.3 is 21.3 Å². The van der Waals surface area contributed by atoms with Gasteiger partial charge in [-0.05, 0) is 48.9 Å². The van der Waals surface area contributed by atoms with Crippen molar-refractivity contribution in [3.8, 4) is 0 Å². The zero-order chi connectivity index (χ0) is 23.5. The van der Waals surface area contributed by atoms with E-state index in [2.05, 4.69) is 37.6 Å². The van der Waals surface area contributed by atoms with Gasteiger partial charge in [-0.25, -0.2) is 9.97 Å². The Morgan fingerprint density at radius 1 is 1.12 bits per heavy atom. The number of fused-ring (bicyclic) bond motifs is 1. The van der Waals surface area contributed by atoms with E-state index in [0.717, 1.165) is 41.3 Å². The molecule has 0 spiro atoms. The molecule has 2 aliphatic heterocycles. The average molecular weight is 477 g/mol. The highest BCUT2D eigenvalue weighted by atomic mass is 35.5. The molecule has 4 N–H and O–H groups in total. The first-order valence-electron chi connectivity index (χ1n) is 11.7.